The molecule has 0 fully saturated rings. The van der Waals surface area contributed by atoms with E-state index < -0.39 is 0 Å². The van der Waals surface area contributed by atoms with Gasteiger partial charge in [-0.2, -0.15) is 0 Å². The van der Waals surface area contributed by atoms with Crippen molar-refractivity contribution >= 4 is 0 Å². The quantitative estimate of drug-likeness (QED) is 0.840. The van der Waals surface area contributed by atoms with Crippen LogP contribution in [-0.2, 0) is 12.8 Å². The Kier molecular flexibility index (Phi) is 5.76. The Morgan fingerprint density at radius 2 is 1.62 bits per heavy atom. The number of hydrogen-bond donors (Lipinski definition) is 1. The smallest absolute Gasteiger partial charge is 0.123 e. The number of nitrogens with one attached hydrogen (secondary N) is 1. The van der Waals surface area contributed by atoms with Gasteiger partial charge in [0.05, 0.1) is 7.11 Å². The summed E-state index contributed by atoms with van der Waals surface area (Å²) in [7, 11) is 1.67. The van der Waals surface area contributed by atoms with Crippen molar-refractivity contribution in [1.29, 1.82) is 0 Å². The fourth-order valence-corrected chi connectivity index (χ4v) is 2.30. The van der Waals surface area contributed by atoms with Gasteiger partial charge in [0.2, 0.25) is 0 Å². The monoisotopic (exact) mass is 287 g/mol. The van der Waals surface area contributed by atoms with Gasteiger partial charge in [0.15, 0.2) is 0 Å². The summed E-state index contributed by atoms with van der Waals surface area (Å²) in [4.78, 5) is 0. The first-order valence-corrected chi connectivity index (χ1v) is 7.28. The van der Waals surface area contributed by atoms with Gasteiger partial charge in [-0.3, -0.25) is 0 Å². The Morgan fingerprint density at radius 1 is 1.00 bits per heavy atom. The van der Waals surface area contributed by atoms with Crippen LogP contribution in [0.25, 0.3) is 0 Å². The molecular formula is C18H22FNO. The first-order chi connectivity index (χ1) is 10.2. The highest BCUT2D eigenvalue weighted by atomic mass is 19.1. The number of rotatable bonds is 7. The number of halogens is 1. The van der Waals surface area contributed by atoms with Gasteiger partial charge in [-0.15, -0.1) is 0 Å². The summed E-state index contributed by atoms with van der Waals surface area (Å²) < 4.78 is 18.0. The number of ether oxygens (including phenoxy) is 1. The van der Waals surface area contributed by atoms with Crippen molar-refractivity contribution < 1.29 is 9.13 Å². The molecule has 3 heteroatoms. The molecule has 1 N–H and O–H groups in total. The number of methoxy groups -OCH3 is 1. The van der Waals surface area contributed by atoms with Crippen LogP contribution in [0.1, 0.15) is 18.1 Å². The summed E-state index contributed by atoms with van der Waals surface area (Å²) in [6.45, 7) is 3.08. The van der Waals surface area contributed by atoms with Crippen LogP contribution in [0.2, 0.25) is 0 Å². The van der Waals surface area contributed by atoms with E-state index in [1.54, 1.807) is 7.11 Å². The van der Waals surface area contributed by atoms with Crippen molar-refractivity contribution in [2.45, 2.75) is 25.8 Å². The van der Waals surface area contributed by atoms with Crippen molar-refractivity contribution in [3.8, 4) is 5.75 Å². The van der Waals surface area contributed by atoms with Gasteiger partial charge in [-0.25, -0.2) is 4.39 Å². The van der Waals surface area contributed by atoms with Crippen LogP contribution >= 0.6 is 0 Å². The predicted octanol–water partition coefficient (Wildman–Crippen LogP) is 3.60. The van der Waals surface area contributed by atoms with Crippen LogP contribution in [0, 0.1) is 5.82 Å². The van der Waals surface area contributed by atoms with Gasteiger partial charge >= 0.3 is 0 Å². The highest BCUT2D eigenvalue weighted by molar-refractivity contribution is 5.27. The molecule has 0 aliphatic heterocycles. The van der Waals surface area contributed by atoms with Crippen LogP contribution in [0.15, 0.2) is 48.5 Å². The average molecular weight is 287 g/mol. The maximum Gasteiger partial charge on any atom is 0.123 e. The van der Waals surface area contributed by atoms with Crippen LogP contribution < -0.4 is 10.1 Å². The molecule has 0 saturated heterocycles. The maximum atomic E-state index is 12.8. The van der Waals surface area contributed by atoms with E-state index in [1.807, 2.05) is 24.3 Å². The minimum atomic E-state index is -0.182. The van der Waals surface area contributed by atoms with Crippen molar-refractivity contribution in [2.24, 2.45) is 0 Å². The summed E-state index contributed by atoms with van der Waals surface area (Å²) in [5.41, 5.74) is 2.44. The van der Waals surface area contributed by atoms with Gasteiger partial charge in [0.1, 0.15) is 11.6 Å². The van der Waals surface area contributed by atoms with Gasteiger partial charge in [-0.1, -0.05) is 24.3 Å². The minimum absolute atomic E-state index is 0.182. The molecule has 0 saturated carbocycles. The topological polar surface area (TPSA) is 21.3 Å². The van der Waals surface area contributed by atoms with Crippen molar-refractivity contribution in [3.05, 3.63) is 65.5 Å². The molecule has 0 aliphatic rings. The number of hydrogen-bond acceptors (Lipinski definition) is 2. The van der Waals surface area contributed by atoms with E-state index in [2.05, 4.69) is 24.4 Å². The van der Waals surface area contributed by atoms with Crippen molar-refractivity contribution in [1.82, 2.24) is 5.32 Å². The zero-order valence-corrected chi connectivity index (χ0v) is 12.6. The van der Waals surface area contributed by atoms with Gasteiger partial charge in [0.25, 0.3) is 0 Å². The van der Waals surface area contributed by atoms with Gasteiger partial charge < -0.3 is 10.1 Å². The van der Waals surface area contributed by atoms with Crippen LogP contribution in [0.3, 0.4) is 0 Å². The summed E-state index contributed by atoms with van der Waals surface area (Å²) in [6, 6.07) is 15.2. The van der Waals surface area contributed by atoms with Gasteiger partial charge in [0, 0.05) is 6.04 Å². The maximum absolute atomic E-state index is 12.8. The highest BCUT2D eigenvalue weighted by Crippen LogP contribution is 2.11. The second-order valence-corrected chi connectivity index (χ2v) is 5.28. The molecule has 0 radical (unpaired) electrons. The molecule has 0 bridgehead atoms. The van der Waals surface area contributed by atoms with Crippen molar-refractivity contribution in [2.75, 3.05) is 13.7 Å². The first-order valence-electron chi connectivity index (χ1n) is 7.28. The Labute approximate surface area is 126 Å². The fourth-order valence-electron chi connectivity index (χ4n) is 2.30. The van der Waals surface area contributed by atoms with Crippen LogP contribution in [0.5, 0.6) is 5.75 Å². The van der Waals surface area contributed by atoms with E-state index in [0.717, 1.165) is 30.7 Å². The first kappa shape index (κ1) is 15.5. The summed E-state index contributed by atoms with van der Waals surface area (Å²) >= 11 is 0. The Hall–Kier alpha value is -1.87. The lowest BCUT2D eigenvalue weighted by Crippen LogP contribution is -2.29. The molecule has 0 amide bonds. The van der Waals surface area contributed by atoms with E-state index in [-0.39, 0.29) is 5.82 Å². The molecule has 2 rings (SSSR count). The standard InChI is InChI=1S/C18H22FNO/c1-14(13-16-3-7-17(19)8-4-16)20-12-11-15-5-9-18(21-2)10-6-15/h3-10,14,20H,11-13H2,1-2H3. The molecular weight excluding hydrogens is 265 g/mol. The zero-order valence-electron chi connectivity index (χ0n) is 12.6. The largest absolute Gasteiger partial charge is 0.497 e. The van der Waals surface area contributed by atoms with Crippen LogP contribution in [0.4, 0.5) is 4.39 Å². The molecule has 112 valence electrons. The fraction of sp³-hybridized carbons (Fsp3) is 0.333. The third-order valence-corrected chi connectivity index (χ3v) is 3.52. The minimum Gasteiger partial charge on any atom is -0.497 e. The second-order valence-electron chi connectivity index (χ2n) is 5.28. The van der Waals surface area contributed by atoms with E-state index >= 15 is 0 Å². The van der Waals surface area contributed by atoms with E-state index in [9.17, 15) is 4.39 Å². The zero-order chi connectivity index (χ0) is 15.1. The Morgan fingerprint density at radius 3 is 2.24 bits per heavy atom. The Bertz CT molecular complexity index is 536. The van der Waals surface area contributed by atoms with E-state index in [0.29, 0.717) is 6.04 Å². The molecule has 0 heterocycles. The molecule has 2 nitrogen and oxygen atoms in total. The molecule has 0 spiro atoms. The summed E-state index contributed by atoms with van der Waals surface area (Å²) in [5, 5.41) is 3.50. The molecule has 0 aromatic heterocycles. The molecule has 1 atom stereocenters. The normalized spacial score (nSPS) is 12.1. The highest BCUT2D eigenvalue weighted by Gasteiger charge is 2.03. The lowest BCUT2D eigenvalue weighted by Gasteiger charge is -2.14. The van der Waals surface area contributed by atoms with Crippen LogP contribution in [-0.4, -0.2) is 19.7 Å². The third kappa shape index (κ3) is 5.20. The van der Waals surface area contributed by atoms with Crippen molar-refractivity contribution in [3.63, 3.8) is 0 Å². The molecule has 21 heavy (non-hydrogen) atoms. The second kappa shape index (κ2) is 7.79. The summed E-state index contributed by atoms with van der Waals surface area (Å²) in [5.74, 6) is 0.704. The lowest BCUT2D eigenvalue weighted by molar-refractivity contribution is 0.414. The van der Waals surface area contributed by atoms with Gasteiger partial charge in [-0.05, 0) is 61.7 Å². The van der Waals surface area contributed by atoms with E-state index in [4.69, 9.17) is 4.74 Å². The summed E-state index contributed by atoms with van der Waals surface area (Å²) in [6.07, 6.45) is 1.89. The third-order valence-electron chi connectivity index (χ3n) is 3.52. The predicted molar refractivity (Wildman–Crippen MR) is 84.3 cm³/mol. The lowest BCUT2D eigenvalue weighted by atomic mass is 10.1. The molecule has 2 aromatic carbocycles. The molecule has 2 aromatic rings. The molecule has 1 unspecified atom stereocenters. The SMILES string of the molecule is COc1ccc(CCNC(C)Cc2ccc(F)cc2)cc1. The molecule has 0 aliphatic carbocycles. The number of benzene rings is 2. The average Bonchev–Trinajstić information content (AvgIpc) is 2.50. The van der Waals surface area contributed by atoms with E-state index in [1.165, 1.54) is 17.7 Å². The Balaban J connectivity index is 1.73.